The highest BCUT2D eigenvalue weighted by Gasteiger charge is 2.24. The average molecular weight is 307 g/mol. The lowest BCUT2D eigenvalue weighted by atomic mass is 10.2. The fourth-order valence-corrected chi connectivity index (χ4v) is 3.61. The van der Waals surface area contributed by atoms with Gasteiger partial charge in [-0.25, -0.2) is 4.98 Å². The molecule has 1 fully saturated rings. The fraction of sp³-hybridized carbons (Fsp3) is 0.429. The molecule has 104 valence electrons. The quantitative estimate of drug-likeness (QED) is 0.683. The van der Waals surface area contributed by atoms with Gasteiger partial charge >= 0.3 is 0 Å². The van der Waals surface area contributed by atoms with Crippen LogP contribution < -0.4 is 10.2 Å². The highest BCUT2D eigenvalue weighted by molar-refractivity contribution is 7.18. The minimum absolute atomic E-state index is 0.00268. The molecule has 0 spiro atoms. The van der Waals surface area contributed by atoms with Gasteiger partial charge in [0.2, 0.25) is 5.28 Å². The van der Waals surface area contributed by atoms with E-state index in [1.54, 1.807) is 11.3 Å². The van der Waals surface area contributed by atoms with Gasteiger partial charge in [-0.2, -0.15) is 4.98 Å². The van der Waals surface area contributed by atoms with Gasteiger partial charge in [-0.05, 0) is 24.1 Å². The number of anilines is 1. The van der Waals surface area contributed by atoms with Crippen LogP contribution in [0.1, 0.15) is 11.8 Å². The summed E-state index contributed by atoms with van der Waals surface area (Å²) in [5.74, 6) is 3.68. The maximum atomic E-state index is 6.08. The van der Waals surface area contributed by atoms with E-state index < -0.39 is 0 Å². The van der Waals surface area contributed by atoms with Crippen LogP contribution in [0.3, 0.4) is 0 Å². The second-order valence-corrected chi connectivity index (χ2v) is 6.13. The second-order valence-electron chi connectivity index (χ2n) is 4.68. The number of fused-ring (bicyclic) bond motifs is 1. The van der Waals surface area contributed by atoms with Crippen LogP contribution in [0.25, 0.3) is 10.2 Å². The van der Waals surface area contributed by atoms with Gasteiger partial charge in [0.1, 0.15) is 16.7 Å². The molecule has 0 aliphatic carbocycles. The van der Waals surface area contributed by atoms with Crippen molar-refractivity contribution < 1.29 is 0 Å². The van der Waals surface area contributed by atoms with Gasteiger partial charge in [-0.15, -0.1) is 17.8 Å². The van der Waals surface area contributed by atoms with Crippen molar-refractivity contribution in [2.75, 3.05) is 24.5 Å². The van der Waals surface area contributed by atoms with Crippen LogP contribution >= 0.6 is 22.9 Å². The molecule has 1 aliphatic heterocycles. The summed E-state index contributed by atoms with van der Waals surface area (Å²) in [4.78, 5) is 13.1. The molecule has 0 unspecified atom stereocenters. The van der Waals surface area contributed by atoms with Gasteiger partial charge in [0.15, 0.2) is 0 Å². The van der Waals surface area contributed by atoms with Crippen LogP contribution in [0, 0.1) is 12.3 Å². The lowest BCUT2D eigenvalue weighted by Gasteiger charge is -2.34. The Labute approximate surface area is 127 Å². The van der Waals surface area contributed by atoms with Crippen LogP contribution in [-0.2, 0) is 6.42 Å². The molecule has 3 heterocycles. The molecule has 3 rings (SSSR count). The molecule has 6 heteroatoms. The van der Waals surface area contributed by atoms with Gasteiger partial charge < -0.3 is 10.2 Å². The van der Waals surface area contributed by atoms with Crippen molar-refractivity contribution in [1.82, 2.24) is 15.3 Å². The topological polar surface area (TPSA) is 41.0 Å². The Bertz CT molecular complexity index is 676. The molecule has 1 saturated heterocycles. The molecule has 20 heavy (non-hydrogen) atoms. The number of halogens is 1. The summed E-state index contributed by atoms with van der Waals surface area (Å²) in [6, 6.07) is 2.16. The lowest BCUT2D eigenvalue weighted by Crippen LogP contribution is -2.51. The molecule has 4 nitrogen and oxygen atoms in total. The lowest BCUT2D eigenvalue weighted by molar-refractivity contribution is 0.536. The van der Waals surface area contributed by atoms with Gasteiger partial charge in [-0.3, -0.25) is 0 Å². The number of terminal acetylenes is 1. The smallest absolute Gasteiger partial charge is 0.225 e. The summed E-state index contributed by atoms with van der Waals surface area (Å²) >= 11 is 7.75. The third kappa shape index (κ3) is 2.35. The van der Waals surface area contributed by atoms with E-state index in [0.717, 1.165) is 42.1 Å². The molecule has 2 aromatic rings. The third-order valence-electron chi connectivity index (χ3n) is 3.45. The Morgan fingerprint density at radius 3 is 3.20 bits per heavy atom. The molecule has 0 bridgehead atoms. The van der Waals surface area contributed by atoms with Crippen LogP contribution in [-0.4, -0.2) is 35.6 Å². The van der Waals surface area contributed by atoms with Crippen molar-refractivity contribution in [1.29, 1.82) is 0 Å². The molecular formula is C14H15ClN4S. The summed E-state index contributed by atoms with van der Waals surface area (Å²) < 4.78 is 0. The maximum absolute atomic E-state index is 6.08. The highest BCUT2D eigenvalue weighted by atomic mass is 35.5. The number of nitrogens with zero attached hydrogens (tertiary/aromatic N) is 3. The number of hydrogen-bond acceptors (Lipinski definition) is 5. The van der Waals surface area contributed by atoms with E-state index in [2.05, 4.69) is 39.1 Å². The summed E-state index contributed by atoms with van der Waals surface area (Å²) in [6.45, 7) is 4.62. The summed E-state index contributed by atoms with van der Waals surface area (Å²) in [5, 5.41) is 4.64. The zero-order chi connectivity index (χ0) is 14.1. The van der Waals surface area contributed by atoms with Crippen LogP contribution in [0.15, 0.2) is 6.07 Å². The van der Waals surface area contributed by atoms with E-state index in [1.807, 2.05) is 0 Å². The van der Waals surface area contributed by atoms with Crippen molar-refractivity contribution in [2.45, 2.75) is 19.4 Å². The van der Waals surface area contributed by atoms with Gasteiger partial charge in [-0.1, -0.05) is 12.8 Å². The number of rotatable bonds is 2. The maximum Gasteiger partial charge on any atom is 0.225 e. The standard InChI is InChI=1S/C14H15ClN4S/c1-3-9-8-16-5-6-19(9)12-11-7-10(4-2)20-13(11)18-14(15)17-12/h1,7,9,16H,4-6,8H2,2H3/t9-/m1/s1. The Balaban J connectivity index is 2.14. The van der Waals surface area contributed by atoms with E-state index >= 15 is 0 Å². The molecular weight excluding hydrogens is 292 g/mol. The van der Waals surface area contributed by atoms with Crippen molar-refractivity contribution in [3.05, 3.63) is 16.2 Å². The van der Waals surface area contributed by atoms with E-state index in [9.17, 15) is 0 Å². The molecule has 2 aromatic heterocycles. The second kappa shape index (κ2) is 5.57. The zero-order valence-corrected chi connectivity index (χ0v) is 12.8. The van der Waals surface area contributed by atoms with Crippen LogP contribution in [0.5, 0.6) is 0 Å². The zero-order valence-electron chi connectivity index (χ0n) is 11.2. The molecule has 1 N–H and O–H groups in total. The normalized spacial score (nSPS) is 19.2. The number of hydrogen-bond donors (Lipinski definition) is 1. The summed E-state index contributed by atoms with van der Waals surface area (Å²) in [7, 11) is 0. The summed E-state index contributed by atoms with van der Waals surface area (Å²) in [6.07, 6.45) is 6.62. The average Bonchev–Trinajstić information content (AvgIpc) is 2.89. The van der Waals surface area contributed by atoms with Gasteiger partial charge in [0.25, 0.3) is 0 Å². The molecule has 0 amide bonds. The SMILES string of the molecule is C#C[C@@H]1CNCCN1c1nc(Cl)nc2sc(CC)cc12. The van der Waals surface area contributed by atoms with Crippen molar-refractivity contribution >= 4 is 39.0 Å². The number of aryl methyl sites for hydroxylation is 1. The van der Waals surface area contributed by atoms with Gasteiger partial charge in [0, 0.05) is 24.5 Å². The van der Waals surface area contributed by atoms with E-state index in [1.165, 1.54) is 4.88 Å². The van der Waals surface area contributed by atoms with Gasteiger partial charge in [0.05, 0.1) is 5.39 Å². The molecule has 0 radical (unpaired) electrons. The molecule has 0 aromatic carbocycles. The largest absolute Gasteiger partial charge is 0.339 e. The Morgan fingerprint density at radius 2 is 2.45 bits per heavy atom. The number of thiophene rings is 1. The first-order valence-electron chi connectivity index (χ1n) is 6.62. The monoisotopic (exact) mass is 306 g/mol. The molecule has 0 saturated carbocycles. The number of aromatic nitrogens is 2. The first kappa shape index (κ1) is 13.6. The van der Waals surface area contributed by atoms with E-state index in [-0.39, 0.29) is 11.3 Å². The number of piperazine rings is 1. The van der Waals surface area contributed by atoms with E-state index in [0.29, 0.717) is 0 Å². The molecule has 1 aliphatic rings. The first-order valence-corrected chi connectivity index (χ1v) is 7.81. The predicted molar refractivity (Wildman–Crippen MR) is 84.6 cm³/mol. The fourth-order valence-electron chi connectivity index (χ4n) is 2.43. The first-order chi connectivity index (χ1) is 9.72. The number of nitrogens with one attached hydrogen (secondary N) is 1. The minimum atomic E-state index is 0.00268. The van der Waals surface area contributed by atoms with Crippen LogP contribution in [0.4, 0.5) is 5.82 Å². The van der Waals surface area contributed by atoms with Crippen molar-refractivity contribution in [3.8, 4) is 12.3 Å². The molecule has 1 atom stereocenters. The van der Waals surface area contributed by atoms with Crippen molar-refractivity contribution in [3.63, 3.8) is 0 Å². The summed E-state index contributed by atoms with van der Waals surface area (Å²) in [5.41, 5.74) is 0. The Morgan fingerprint density at radius 1 is 1.60 bits per heavy atom. The third-order valence-corrected chi connectivity index (χ3v) is 4.79. The van der Waals surface area contributed by atoms with Crippen LogP contribution in [0.2, 0.25) is 5.28 Å². The Kier molecular flexibility index (Phi) is 3.79. The van der Waals surface area contributed by atoms with E-state index in [4.69, 9.17) is 18.0 Å². The predicted octanol–water partition coefficient (Wildman–Crippen LogP) is 2.32. The minimum Gasteiger partial charge on any atom is -0.339 e. The van der Waals surface area contributed by atoms with Crippen molar-refractivity contribution in [2.24, 2.45) is 0 Å². The highest BCUT2D eigenvalue weighted by Crippen LogP contribution is 2.33. The Hall–Kier alpha value is -1.35.